The van der Waals surface area contributed by atoms with Crippen molar-refractivity contribution >= 4 is 27.7 Å². The number of nitriles is 1. The molecule has 2 rings (SSSR count). The molecule has 1 aliphatic rings. The molecule has 7 heteroatoms. The van der Waals surface area contributed by atoms with E-state index in [-0.39, 0.29) is 12.1 Å². The summed E-state index contributed by atoms with van der Waals surface area (Å²) in [7, 11) is 0. The molecule has 0 aromatic carbocycles. The number of anilines is 1. The largest absolute Gasteiger partial charge is 0.465 e. The van der Waals surface area contributed by atoms with Crippen LogP contribution in [-0.4, -0.2) is 28.3 Å². The lowest BCUT2D eigenvalue weighted by molar-refractivity contribution is 0.184. The summed E-state index contributed by atoms with van der Waals surface area (Å²) in [6.07, 6.45) is 4.43. The Balaban J connectivity index is 2.08. The molecule has 0 spiro atoms. The van der Waals surface area contributed by atoms with Crippen LogP contribution < -0.4 is 10.6 Å². The molecule has 6 nitrogen and oxygen atoms in total. The van der Waals surface area contributed by atoms with E-state index in [4.69, 9.17) is 10.4 Å². The Bertz CT molecular complexity index is 544. The fraction of sp³-hybridized carbons (Fsp3) is 0.462. The van der Waals surface area contributed by atoms with Crippen LogP contribution in [0.4, 0.5) is 10.5 Å². The van der Waals surface area contributed by atoms with Crippen molar-refractivity contribution in [2.24, 2.45) is 0 Å². The van der Waals surface area contributed by atoms with Gasteiger partial charge >= 0.3 is 6.09 Å². The minimum absolute atomic E-state index is 0.0430. The highest BCUT2D eigenvalue weighted by Gasteiger charge is 2.26. The Morgan fingerprint density at radius 2 is 2.15 bits per heavy atom. The van der Waals surface area contributed by atoms with Crippen LogP contribution in [0.1, 0.15) is 31.4 Å². The average molecular weight is 339 g/mol. The Kier molecular flexibility index (Phi) is 4.79. The van der Waals surface area contributed by atoms with Gasteiger partial charge in [0.15, 0.2) is 5.69 Å². The number of hydrogen-bond donors (Lipinski definition) is 3. The van der Waals surface area contributed by atoms with E-state index >= 15 is 0 Å². The monoisotopic (exact) mass is 338 g/mol. The first-order valence-electron chi connectivity index (χ1n) is 6.42. The lowest BCUT2D eigenvalue weighted by atomic mass is 9.90. The maximum atomic E-state index is 10.8. The number of carboxylic acid groups (broad SMARTS) is 1. The molecule has 1 aliphatic carbocycles. The highest BCUT2D eigenvalue weighted by Crippen LogP contribution is 2.24. The molecule has 1 amide bonds. The lowest BCUT2D eigenvalue weighted by Crippen LogP contribution is -2.48. The number of pyridine rings is 1. The molecule has 0 unspecified atom stereocenters. The molecule has 0 radical (unpaired) electrons. The Morgan fingerprint density at radius 1 is 1.45 bits per heavy atom. The number of rotatable bonds is 3. The number of amides is 1. The Morgan fingerprint density at radius 3 is 2.75 bits per heavy atom. The summed E-state index contributed by atoms with van der Waals surface area (Å²) in [4.78, 5) is 14.8. The molecule has 0 saturated heterocycles. The summed E-state index contributed by atoms with van der Waals surface area (Å²) >= 11 is 3.29. The van der Waals surface area contributed by atoms with Gasteiger partial charge in [-0.05, 0) is 34.8 Å². The minimum atomic E-state index is -0.997. The third-order valence-corrected chi connectivity index (χ3v) is 3.98. The van der Waals surface area contributed by atoms with Gasteiger partial charge < -0.3 is 15.7 Å². The number of carbonyl (C=O) groups is 1. The SMILES string of the molecule is N#Cc1ncc(N[C@@H]2CCCC[C@@H]2NC(=O)O)cc1Br. The summed E-state index contributed by atoms with van der Waals surface area (Å²) in [6, 6.07) is 3.72. The Hall–Kier alpha value is -1.81. The van der Waals surface area contributed by atoms with Crippen LogP contribution >= 0.6 is 15.9 Å². The maximum absolute atomic E-state index is 10.8. The van der Waals surface area contributed by atoms with E-state index < -0.39 is 6.09 Å². The normalized spacial score (nSPS) is 21.8. The van der Waals surface area contributed by atoms with Crippen LogP contribution in [0.2, 0.25) is 0 Å². The van der Waals surface area contributed by atoms with Crippen molar-refractivity contribution in [1.82, 2.24) is 10.3 Å². The van der Waals surface area contributed by atoms with Crippen LogP contribution in [0, 0.1) is 11.3 Å². The van der Waals surface area contributed by atoms with Crippen LogP contribution in [-0.2, 0) is 0 Å². The number of hydrogen-bond acceptors (Lipinski definition) is 4. The molecular weight excluding hydrogens is 324 g/mol. The summed E-state index contributed by atoms with van der Waals surface area (Å²) in [5, 5.41) is 23.6. The molecule has 1 heterocycles. The average Bonchev–Trinajstić information content (AvgIpc) is 2.41. The van der Waals surface area contributed by atoms with Gasteiger partial charge in [-0.25, -0.2) is 9.78 Å². The van der Waals surface area contributed by atoms with Gasteiger partial charge in [0.25, 0.3) is 0 Å². The molecule has 0 aliphatic heterocycles. The second-order valence-corrected chi connectivity index (χ2v) is 5.61. The summed E-state index contributed by atoms with van der Waals surface area (Å²) in [6.45, 7) is 0. The van der Waals surface area contributed by atoms with Gasteiger partial charge in [-0.2, -0.15) is 5.26 Å². The smallest absolute Gasteiger partial charge is 0.404 e. The first-order chi connectivity index (χ1) is 9.60. The van der Waals surface area contributed by atoms with E-state index in [1.54, 1.807) is 12.3 Å². The van der Waals surface area contributed by atoms with Crippen LogP contribution in [0.5, 0.6) is 0 Å². The molecule has 20 heavy (non-hydrogen) atoms. The molecule has 1 saturated carbocycles. The second kappa shape index (κ2) is 6.57. The highest BCUT2D eigenvalue weighted by molar-refractivity contribution is 9.10. The van der Waals surface area contributed by atoms with Gasteiger partial charge in [0.2, 0.25) is 0 Å². The molecular formula is C13H15BrN4O2. The lowest BCUT2D eigenvalue weighted by Gasteiger charge is -2.32. The zero-order valence-electron chi connectivity index (χ0n) is 10.8. The molecule has 0 bridgehead atoms. The number of nitrogens with one attached hydrogen (secondary N) is 2. The standard InChI is InChI=1S/C13H15BrN4O2/c14-9-5-8(7-16-12(9)6-15)17-10-3-1-2-4-11(10)18-13(19)20/h5,7,10-11,17-18H,1-4H2,(H,19,20)/t10-,11+/m1/s1. The maximum Gasteiger partial charge on any atom is 0.404 e. The van der Waals surface area contributed by atoms with Crippen LogP contribution in [0.25, 0.3) is 0 Å². The van der Waals surface area contributed by atoms with E-state index in [9.17, 15) is 4.79 Å². The topological polar surface area (TPSA) is 98.0 Å². The van der Waals surface area contributed by atoms with E-state index in [1.807, 2.05) is 6.07 Å². The number of aromatic nitrogens is 1. The van der Waals surface area contributed by atoms with Crippen molar-refractivity contribution in [3.63, 3.8) is 0 Å². The van der Waals surface area contributed by atoms with E-state index in [0.29, 0.717) is 10.2 Å². The first-order valence-corrected chi connectivity index (χ1v) is 7.21. The van der Waals surface area contributed by atoms with Gasteiger partial charge in [-0.1, -0.05) is 12.8 Å². The highest BCUT2D eigenvalue weighted by atomic mass is 79.9. The summed E-state index contributed by atoms with van der Waals surface area (Å²) in [5.41, 5.74) is 1.11. The number of halogens is 1. The molecule has 2 atom stereocenters. The fourth-order valence-electron chi connectivity index (χ4n) is 2.45. The van der Waals surface area contributed by atoms with Crippen molar-refractivity contribution in [2.75, 3.05) is 5.32 Å². The fourth-order valence-corrected chi connectivity index (χ4v) is 2.89. The molecule has 1 aromatic heterocycles. The Labute approximate surface area is 125 Å². The summed E-state index contributed by atoms with van der Waals surface area (Å²) < 4.78 is 0.628. The second-order valence-electron chi connectivity index (χ2n) is 4.76. The van der Waals surface area contributed by atoms with Crippen molar-refractivity contribution in [3.8, 4) is 6.07 Å². The van der Waals surface area contributed by atoms with Crippen LogP contribution in [0.3, 0.4) is 0 Å². The van der Waals surface area contributed by atoms with Gasteiger partial charge in [0, 0.05) is 6.04 Å². The van der Waals surface area contributed by atoms with Crippen molar-refractivity contribution in [2.45, 2.75) is 37.8 Å². The van der Waals surface area contributed by atoms with Crippen LogP contribution in [0.15, 0.2) is 16.7 Å². The van der Waals surface area contributed by atoms with E-state index in [0.717, 1.165) is 31.4 Å². The van der Waals surface area contributed by atoms with Crippen molar-refractivity contribution < 1.29 is 9.90 Å². The first kappa shape index (κ1) is 14.6. The van der Waals surface area contributed by atoms with Gasteiger partial charge in [-0.3, -0.25) is 0 Å². The molecule has 1 fully saturated rings. The summed E-state index contributed by atoms with van der Waals surface area (Å²) in [5.74, 6) is 0. The van der Waals surface area contributed by atoms with Crippen molar-refractivity contribution in [1.29, 1.82) is 5.26 Å². The molecule has 3 N–H and O–H groups in total. The number of nitrogens with zero attached hydrogens (tertiary/aromatic N) is 2. The van der Waals surface area contributed by atoms with E-state index in [1.165, 1.54) is 0 Å². The van der Waals surface area contributed by atoms with Gasteiger partial charge in [0.05, 0.1) is 22.4 Å². The quantitative estimate of drug-likeness (QED) is 0.787. The molecule has 1 aromatic rings. The third-order valence-electron chi connectivity index (χ3n) is 3.37. The molecule has 106 valence electrons. The zero-order valence-corrected chi connectivity index (χ0v) is 12.4. The van der Waals surface area contributed by atoms with E-state index in [2.05, 4.69) is 31.5 Å². The predicted molar refractivity (Wildman–Crippen MR) is 77.5 cm³/mol. The zero-order chi connectivity index (χ0) is 14.5. The minimum Gasteiger partial charge on any atom is -0.465 e. The van der Waals surface area contributed by atoms with Gasteiger partial charge in [0.1, 0.15) is 6.07 Å². The van der Waals surface area contributed by atoms with Gasteiger partial charge in [-0.15, -0.1) is 0 Å². The van der Waals surface area contributed by atoms with Crippen molar-refractivity contribution in [3.05, 3.63) is 22.4 Å². The third kappa shape index (κ3) is 3.61. The predicted octanol–water partition coefficient (Wildman–Crippen LogP) is 2.71.